The molecule has 4 rings (SSSR count). The Balaban J connectivity index is 1.47. The van der Waals surface area contributed by atoms with Gasteiger partial charge in [0.05, 0.1) is 0 Å². The van der Waals surface area contributed by atoms with Gasteiger partial charge in [-0.15, -0.1) is 0 Å². The van der Waals surface area contributed by atoms with Crippen LogP contribution in [-0.4, -0.2) is 10.2 Å². The zero-order valence-electron chi connectivity index (χ0n) is 14.6. The molecule has 0 aliphatic heterocycles. The summed E-state index contributed by atoms with van der Waals surface area (Å²) in [6, 6.07) is 30.7. The molecule has 0 aromatic heterocycles. The monoisotopic (exact) mass is 353 g/mol. The minimum atomic E-state index is 0.271. The maximum absolute atomic E-state index is 9.40. The number of phenolic OH excluding ortho intramolecular Hbond substituents is 2. The standard InChI is InChI=1S/C24H19NO2/c26-23-13-5-19(6-14-23)17-1-9-21(10-2-17)25-22-11-3-18(4-12-22)20-7-15-24(27)16-8-20/h1-16,25-27H. The molecule has 3 heteroatoms. The molecule has 3 nitrogen and oxygen atoms in total. The van der Waals surface area contributed by atoms with Crippen LogP contribution in [0, 0.1) is 0 Å². The first kappa shape index (κ1) is 16.7. The molecule has 0 amide bonds. The van der Waals surface area contributed by atoms with Crippen molar-refractivity contribution < 1.29 is 10.2 Å². The van der Waals surface area contributed by atoms with Gasteiger partial charge in [-0.05, 0) is 70.8 Å². The highest BCUT2D eigenvalue weighted by atomic mass is 16.3. The second kappa shape index (κ2) is 7.26. The minimum absolute atomic E-state index is 0.271. The Labute approximate surface area is 158 Å². The summed E-state index contributed by atoms with van der Waals surface area (Å²) in [5.74, 6) is 0.542. The fraction of sp³-hybridized carbons (Fsp3) is 0. The SMILES string of the molecule is Oc1ccc(-c2ccc(Nc3ccc(-c4ccc(O)cc4)cc3)cc2)cc1. The van der Waals surface area contributed by atoms with E-state index >= 15 is 0 Å². The van der Waals surface area contributed by atoms with Crippen molar-refractivity contribution in [1.82, 2.24) is 0 Å². The van der Waals surface area contributed by atoms with Crippen molar-refractivity contribution in [2.45, 2.75) is 0 Å². The normalized spacial score (nSPS) is 10.5. The first-order chi connectivity index (χ1) is 13.2. The summed E-state index contributed by atoms with van der Waals surface area (Å²) >= 11 is 0. The zero-order valence-corrected chi connectivity index (χ0v) is 14.6. The van der Waals surface area contributed by atoms with Gasteiger partial charge in [0.25, 0.3) is 0 Å². The molecule has 0 aliphatic carbocycles. The second-order valence-electron chi connectivity index (χ2n) is 6.37. The van der Waals surface area contributed by atoms with E-state index in [9.17, 15) is 10.2 Å². The van der Waals surface area contributed by atoms with E-state index in [0.717, 1.165) is 33.6 Å². The predicted octanol–water partition coefficient (Wildman–Crippen LogP) is 6.18. The van der Waals surface area contributed by atoms with Crippen molar-refractivity contribution in [3.63, 3.8) is 0 Å². The molecule has 0 spiro atoms. The molecular weight excluding hydrogens is 334 g/mol. The Kier molecular flexibility index (Phi) is 4.50. The van der Waals surface area contributed by atoms with Crippen molar-refractivity contribution in [2.24, 2.45) is 0 Å². The van der Waals surface area contributed by atoms with Crippen LogP contribution in [0.5, 0.6) is 11.5 Å². The van der Waals surface area contributed by atoms with Gasteiger partial charge in [0, 0.05) is 11.4 Å². The van der Waals surface area contributed by atoms with Gasteiger partial charge >= 0.3 is 0 Å². The van der Waals surface area contributed by atoms with E-state index in [-0.39, 0.29) is 11.5 Å². The molecule has 0 saturated heterocycles. The van der Waals surface area contributed by atoms with Crippen molar-refractivity contribution in [3.05, 3.63) is 97.1 Å². The largest absolute Gasteiger partial charge is 0.508 e. The lowest BCUT2D eigenvalue weighted by molar-refractivity contribution is 0.475. The van der Waals surface area contributed by atoms with Crippen LogP contribution in [0.3, 0.4) is 0 Å². The number of phenols is 2. The number of aromatic hydroxyl groups is 2. The van der Waals surface area contributed by atoms with Gasteiger partial charge in [-0.25, -0.2) is 0 Å². The van der Waals surface area contributed by atoms with Gasteiger partial charge in [0.15, 0.2) is 0 Å². The summed E-state index contributed by atoms with van der Waals surface area (Å²) in [5, 5.41) is 22.2. The van der Waals surface area contributed by atoms with E-state index in [1.54, 1.807) is 24.3 Å². The first-order valence-electron chi connectivity index (χ1n) is 8.73. The van der Waals surface area contributed by atoms with E-state index in [0.29, 0.717) is 0 Å². The molecule has 4 aromatic rings. The Morgan fingerprint density at radius 3 is 0.926 bits per heavy atom. The van der Waals surface area contributed by atoms with E-state index < -0.39 is 0 Å². The third-order valence-corrected chi connectivity index (χ3v) is 4.46. The smallest absolute Gasteiger partial charge is 0.115 e. The topological polar surface area (TPSA) is 52.5 Å². The van der Waals surface area contributed by atoms with E-state index in [1.807, 2.05) is 48.5 Å². The molecular formula is C24H19NO2. The van der Waals surface area contributed by atoms with Gasteiger partial charge in [-0.2, -0.15) is 0 Å². The van der Waals surface area contributed by atoms with Crippen LogP contribution in [0.1, 0.15) is 0 Å². The molecule has 0 bridgehead atoms. The minimum Gasteiger partial charge on any atom is -0.508 e. The average Bonchev–Trinajstić information content (AvgIpc) is 2.71. The highest BCUT2D eigenvalue weighted by Gasteiger charge is 2.01. The lowest BCUT2D eigenvalue weighted by atomic mass is 10.0. The predicted molar refractivity (Wildman–Crippen MR) is 110 cm³/mol. The van der Waals surface area contributed by atoms with Gasteiger partial charge in [-0.1, -0.05) is 48.5 Å². The summed E-state index contributed by atoms with van der Waals surface area (Å²) in [5.41, 5.74) is 6.35. The second-order valence-corrected chi connectivity index (χ2v) is 6.37. The fourth-order valence-electron chi connectivity index (χ4n) is 2.97. The van der Waals surface area contributed by atoms with E-state index in [4.69, 9.17) is 0 Å². The number of benzene rings is 4. The number of anilines is 2. The molecule has 4 aromatic carbocycles. The third-order valence-electron chi connectivity index (χ3n) is 4.46. The van der Waals surface area contributed by atoms with Gasteiger partial charge < -0.3 is 15.5 Å². The molecule has 0 aliphatic rings. The molecule has 3 N–H and O–H groups in total. The van der Waals surface area contributed by atoms with Crippen molar-refractivity contribution in [2.75, 3.05) is 5.32 Å². The maximum Gasteiger partial charge on any atom is 0.115 e. The van der Waals surface area contributed by atoms with Crippen molar-refractivity contribution >= 4 is 11.4 Å². The Morgan fingerprint density at radius 2 is 0.630 bits per heavy atom. The molecule has 0 heterocycles. The maximum atomic E-state index is 9.40. The molecule has 132 valence electrons. The van der Waals surface area contributed by atoms with Crippen molar-refractivity contribution in [1.29, 1.82) is 0 Å². The lowest BCUT2D eigenvalue weighted by Gasteiger charge is -2.09. The Morgan fingerprint density at radius 1 is 0.370 bits per heavy atom. The molecule has 0 radical (unpaired) electrons. The molecule has 0 unspecified atom stereocenters. The highest BCUT2D eigenvalue weighted by Crippen LogP contribution is 2.27. The summed E-state index contributed by atoms with van der Waals surface area (Å²) in [7, 11) is 0. The molecule has 0 atom stereocenters. The van der Waals surface area contributed by atoms with Crippen LogP contribution in [0.4, 0.5) is 11.4 Å². The number of nitrogens with one attached hydrogen (secondary N) is 1. The summed E-state index contributed by atoms with van der Waals surface area (Å²) in [6.07, 6.45) is 0. The van der Waals surface area contributed by atoms with E-state index in [2.05, 4.69) is 29.6 Å². The Bertz CT molecular complexity index is 933. The van der Waals surface area contributed by atoms with E-state index in [1.165, 1.54) is 0 Å². The average molecular weight is 353 g/mol. The van der Waals surface area contributed by atoms with Gasteiger partial charge in [0.2, 0.25) is 0 Å². The van der Waals surface area contributed by atoms with Crippen LogP contribution in [-0.2, 0) is 0 Å². The number of hydrogen-bond acceptors (Lipinski definition) is 3. The lowest BCUT2D eigenvalue weighted by Crippen LogP contribution is -1.90. The van der Waals surface area contributed by atoms with Crippen LogP contribution in [0.25, 0.3) is 22.3 Å². The van der Waals surface area contributed by atoms with Crippen LogP contribution < -0.4 is 5.32 Å². The molecule has 0 saturated carbocycles. The zero-order chi connectivity index (χ0) is 18.6. The third kappa shape index (κ3) is 3.93. The van der Waals surface area contributed by atoms with Crippen LogP contribution in [0.2, 0.25) is 0 Å². The fourth-order valence-corrected chi connectivity index (χ4v) is 2.97. The quantitative estimate of drug-likeness (QED) is 0.411. The first-order valence-corrected chi connectivity index (χ1v) is 8.73. The highest BCUT2D eigenvalue weighted by molar-refractivity contribution is 5.71. The summed E-state index contributed by atoms with van der Waals surface area (Å²) < 4.78 is 0. The van der Waals surface area contributed by atoms with Crippen molar-refractivity contribution in [3.8, 4) is 33.8 Å². The summed E-state index contributed by atoms with van der Waals surface area (Å²) in [4.78, 5) is 0. The van der Waals surface area contributed by atoms with Gasteiger partial charge in [-0.3, -0.25) is 0 Å². The van der Waals surface area contributed by atoms with Crippen LogP contribution >= 0.6 is 0 Å². The molecule has 27 heavy (non-hydrogen) atoms. The number of rotatable bonds is 4. The number of hydrogen-bond donors (Lipinski definition) is 3. The van der Waals surface area contributed by atoms with Gasteiger partial charge in [0.1, 0.15) is 11.5 Å². The summed E-state index contributed by atoms with van der Waals surface area (Å²) in [6.45, 7) is 0. The van der Waals surface area contributed by atoms with Crippen LogP contribution in [0.15, 0.2) is 97.1 Å². The Hall–Kier alpha value is -3.72. The molecule has 0 fully saturated rings.